The van der Waals surface area contributed by atoms with Gasteiger partial charge in [0.05, 0.1) is 9.26 Å². The molecule has 0 fully saturated rings. The summed E-state index contributed by atoms with van der Waals surface area (Å²) in [5, 5.41) is 0. The molecule has 66 valence electrons. The van der Waals surface area contributed by atoms with Gasteiger partial charge in [-0.15, -0.1) is 0 Å². The largest absolute Gasteiger partial charge is 0.398 e. The number of nitrogens with zero attached hydrogens (tertiary/aromatic N) is 1. The van der Waals surface area contributed by atoms with E-state index in [-0.39, 0.29) is 0 Å². The molecule has 0 spiro atoms. The van der Waals surface area contributed by atoms with Crippen LogP contribution in [0.5, 0.6) is 0 Å². The molecule has 0 bridgehead atoms. The van der Waals surface area contributed by atoms with E-state index in [1.54, 1.807) is 6.20 Å². The number of aryl methyl sites for hydroxylation is 1. The van der Waals surface area contributed by atoms with Crippen molar-refractivity contribution in [2.75, 3.05) is 12.3 Å². The van der Waals surface area contributed by atoms with Crippen molar-refractivity contribution in [1.82, 2.24) is 4.98 Å². The van der Waals surface area contributed by atoms with Crippen molar-refractivity contribution in [3.05, 3.63) is 21.5 Å². The van der Waals surface area contributed by atoms with Gasteiger partial charge in [0.1, 0.15) is 0 Å². The molecule has 4 N–H and O–H groups in total. The smallest absolute Gasteiger partial charge is 0.0546 e. The Morgan fingerprint density at radius 1 is 1.42 bits per heavy atom. The lowest BCUT2D eigenvalue weighted by Crippen LogP contribution is -2.03. The number of anilines is 1. The van der Waals surface area contributed by atoms with Crippen LogP contribution >= 0.6 is 22.6 Å². The van der Waals surface area contributed by atoms with E-state index >= 15 is 0 Å². The van der Waals surface area contributed by atoms with Gasteiger partial charge in [-0.1, -0.05) is 0 Å². The van der Waals surface area contributed by atoms with Crippen LogP contribution in [0.1, 0.15) is 12.0 Å². The SMILES string of the molecule is NCCCc1cncc(I)c1N. The quantitative estimate of drug-likeness (QED) is 0.815. The first-order valence-corrected chi connectivity index (χ1v) is 4.91. The zero-order valence-electron chi connectivity index (χ0n) is 6.76. The summed E-state index contributed by atoms with van der Waals surface area (Å²) in [5.41, 5.74) is 13.2. The number of nitrogen functional groups attached to an aromatic ring is 1. The molecule has 0 aliphatic rings. The highest BCUT2D eigenvalue weighted by Crippen LogP contribution is 2.18. The Kier molecular flexibility index (Phi) is 3.74. The van der Waals surface area contributed by atoms with Crippen LogP contribution in [0.25, 0.3) is 0 Å². The minimum Gasteiger partial charge on any atom is -0.398 e. The van der Waals surface area contributed by atoms with Gasteiger partial charge in [0.25, 0.3) is 0 Å². The maximum absolute atomic E-state index is 5.84. The first-order valence-electron chi connectivity index (χ1n) is 3.83. The summed E-state index contributed by atoms with van der Waals surface area (Å²) in [6.07, 6.45) is 5.47. The van der Waals surface area contributed by atoms with E-state index in [4.69, 9.17) is 11.5 Å². The molecule has 0 saturated heterocycles. The van der Waals surface area contributed by atoms with E-state index in [2.05, 4.69) is 27.6 Å². The Morgan fingerprint density at radius 3 is 2.83 bits per heavy atom. The summed E-state index contributed by atoms with van der Waals surface area (Å²) < 4.78 is 1.02. The molecule has 0 atom stereocenters. The topological polar surface area (TPSA) is 64.9 Å². The van der Waals surface area contributed by atoms with Gasteiger partial charge in [-0.25, -0.2) is 0 Å². The van der Waals surface area contributed by atoms with Crippen LogP contribution in [0.2, 0.25) is 0 Å². The normalized spacial score (nSPS) is 10.2. The second-order valence-corrected chi connectivity index (χ2v) is 3.75. The van der Waals surface area contributed by atoms with Gasteiger partial charge in [0.2, 0.25) is 0 Å². The van der Waals surface area contributed by atoms with Crippen LogP contribution in [0, 0.1) is 3.57 Å². The molecule has 1 aromatic heterocycles. The number of rotatable bonds is 3. The minimum absolute atomic E-state index is 0.699. The monoisotopic (exact) mass is 277 g/mol. The van der Waals surface area contributed by atoms with Gasteiger partial charge < -0.3 is 11.5 Å². The van der Waals surface area contributed by atoms with Crippen LogP contribution < -0.4 is 11.5 Å². The van der Waals surface area contributed by atoms with Gasteiger partial charge in [-0.2, -0.15) is 0 Å². The molecule has 1 rings (SSSR count). The second kappa shape index (κ2) is 4.61. The standard InChI is InChI=1S/C8H12IN3/c9-7-5-12-4-6(8(7)11)2-1-3-10/h4-5H,1-3,10H2,(H2,11,12). The summed E-state index contributed by atoms with van der Waals surface area (Å²) in [6, 6.07) is 0. The lowest BCUT2D eigenvalue weighted by atomic mass is 10.1. The van der Waals surface area contributed by atoms with Crippen LogP contribution in [0.15, 0.2) is 12.4 Å². The molecule has 3 nitrogen and oxygen atoms in total. The van der Waals surface area contributed by atoms with Gasteiger partial charge >= 0.3 is 0 Å². The van der Waals surface area contributed by atoms with Gasteiger partial charge in [-0.05, 0) is 47.5 Å². The molecule has 1 aromatic rings. The Morgan fingerprint density at radius 2 is 2.17 bits per heavy atom. The van der Waals surface area contributed by atoms with E-state index in [9.17, 15) is 0 Å². The number of nitrogens with two attached hydrogens (primary N) is 2. The van der Waals surface area contributed by atoms with Crippen molar-refractivity contribution < 1.29 is 0 Å². The van der Waals surface area contributed by atoms with Crippen molar-refractivity contribution >= 4 is 28.3 Å². The van der Waals surface area contributed by atoms with E-state index in [1.165, 1.54) is 0 Å². The fraction of sp³-hybridized carbons (Fsp3) is 0.375. The van der Waals surface area contributed by atoms with Crippen molar-refractivity contribution in [3.63, 3.8) is 0 Å². The van der Waals surface area contributed by atoms with Crippen LogP contribution in [0.4, 0.5) is 5.69 Å². The summed E-state index contributed by atoms with van der Waals surface area (Å²) in [5.74, 6) is 0. The summed E-state index contributed by atoms with van der Waals surface area (Å²) in [6.45, 7) is 0.699. The van der Waals surface area contributed by atoms with Crippen LogP contribution in [-0.4, -0.2) is 11.5 Å². The predicted octanol–water partition coefficient (Wildman–Crippen LogP) is 1.16. The first kappa shape index (κ1) is 9.73. The Balaban J connectivity index is 2.78. The Hall–Kier alpha value is -0.360. The van der Waals surface area contributed by atoms with Crippen molar-refractivity contribution in [3.8, 4) is 0 Å². The minimum atomic E-state index is 0.699. The van der Waals surface area contributed by atoms with Gasteiger partial charge in [0, 0.05) is 12.4 Å². The van der Waals surface area contributed by atoms with Crippen LogP contribution in [-0.2, 0) is 6.42 Å². The molecule has 0 saturated carbocycles. The predicted molar refractivity (Wildman–Crippen MR) is 58.7 cm³/mol. The molecule has 0 aliphatic carbocycles. The number of hydrogen-bond donors (Lipinski definition) is 2. The zero-order chi connectivity index (χ0) is 8.97. The molecule has 0 aliphatic heterocycles. The number of pyridine rings is 1. The third kappa shape index (κ3) is 2.31. The molecular formula is C8H12IN3. The number of aromatic nitrogens is 1. The highest BCUT2D eigenvalue weighted by Gasteiger charge is 2.01. The Labute approximate surface area is 85.7 Å². The number of halogens is 1. The average Bonchev–Trinajstić information content (AvgIpc) is 2.08. The first-order chi connectivity index (χ1) is 5.75. The molecule has 0 amide bonds. The lowest BCUT2D eigenvalue weighted by molar-refractivity contribution is 0.830. The van der Waals surface area contributed by atoms with E-state index in [0.717, 1.165) is 27.7 Å². The molecule has 0 aromatic carbocycles. The van der Waals surface area contributed by atoms with Gasteiger partial charge in [-0.3, -0.25) is 4.98 Å². The Bertz CT molecular complexity index is 262. The molecule has 0 radical (unpaired) electrons. The summed E-state index contributed by atoms with van der Waals surface area (Å²) >= 11 is 2.18. The maximum atomic E-state index is 5.84. The van der Waals surface area contributed by atoms with Gasteiger partial charge in [0.15, 0.2) is 0 Å². The van der Waals surface area contributed by atoms with Crippen molar-refractivity contribution in [1.29, 1.82) is 0 Å². The molecular weight excluding hydrogens is 265 g/mol. The molecule has 12 heavy (non-hydrogen) atoms. The average molecular weight is 277 g/mol. The lowest BCUT2D eigenvalue weighted by Gasteiger charge is -2.04. The molecule has 4 heteroatoms. The molecule has 1 heterocycles. The van der Waals surface area contributed by atoms with E-state index in [1.807, 2.05) is 6.20 Å². The van der Waals surface area contributed by atoms with Crippen molar-refractivity contribution in [2.24, 2.45) is 5.73 Å². The third-order valence-electron chi connectivity index (χ3n) is 1.67. The summed E-state index contributed by atoms with van der Waals surface area (Å²) in [4.78, 5) is 4.07. The highest BCUT2D eigenvalue weighted by molar-refractivity contribution is 14.1. The fourth-order valence-electron chi connectivity index (χ4n) is 0.977. The fourth-order valence-corrected chi connectivity index (χ4v) is 1.48. The number of hydrogen-bond acceptors (Lipinski definition) is 3. The highest BCUT2D eigenvalue weighted by atomic mass is 127. The van der Waals surface area contributed by atoms with Crippen molar-refractivity contribution in [2.45, 2.75) is 12.8 Å². The van der Waals surface area contributed by atoms with E-state index < -0.39 is 0 Å². The summed E-state index contributed by atoms with van der Waals surface area (Å²) in [7, 11) is 0. The third-order valence-corrected chi connectivity index (χ3v) is 2.53. The second-order valence-electron chi connectivity index (χ2n) is 2.59. The zero-order valence-corrected chi connectivity index (χ0v) is 8.91. The van der Waals surface area contributed by atoms with E-state index in [0.29, 0.717) is 6.54 Å². The maximum Gasteiger partial charge on any atom is 0.0546 e. The molecule has 0 unspecified atom stereocenters. The van der Waals surface area contributed by atoms with Crippen LogP contribution in [0.3, 0.4) is 0 Å².